The minimum atomic E-state index is -0.534. The summed E-state index contributed by atoms with van der Waals surface area (Å²) in [6, 6.07) is 8.95. The molecule has 0 unspecified atom stereocenters. The second-order valence-corrected chi connectivity index (χ2v) is 5.53. The van der Waals surface area contributed by atoms with Gasteiger partial charge in [-0.05, 0) is 23.8 Å². The van der Waals surface area contributed by atoms with E-state index in [2.05, 4.69) is 9.88 Å². The third-order valence-electron chi connectivity index (χ3n) is 3.90. The van der Waals surface area contributed by atoms with Crippen molar-refractivity contribution in [2.75, 3.05) is 20.3 Å². The molecule has 1 amide bonds. The number of hydrogen-bond acceptors (Lipinski definition) is 6. The number of methoxy groups -OCH3 is 1. The summed E-state index contributed by atoms with van der Waals surface area (Å²) in [4.78, 5) is 18.0. The van der Waals surface area contributed by atoms with E-state index < -0.39 is 5.91 Å². The maximum absolute atomic E-state index is 11.6. The van der Waals surface area contributed by atoms with E-state index in [0.717, 1.165) is 30.0 Å². The van der Waals surface area contributed by atoms with Crippen LogP contribution in [0.5, 0.6) is 11.6 Å². The van der Waals surface area contributed by atoms with Crippen molar-refractivity contribution in [2.45, 2.75) is 13.1 Å². The molecule has 1 aliphatic rings. The fraction of sp³-hybridized carbons (Fsp3) is 0.294. The summed E-state index contributed by atoms with van der Waals surface area (Å²) >= 11 is 0. The molecule has 0 aliphatic carbocycles. The fourth-order valence-corrected chi connectivity index (χ4v) is 2.67. The van der Waals surface area contributed by atoms with E-state index in [4.69, 9.17) is 14.7 Å². The molecule has 1 aromatic carbocycles. The van der Waals surface area contributed by atoms with Crippen LogP contribution in [0.15, 0.2) is 36.5 Å². The minimum absolute atomic E-state index is 0.396. The van der Waals surface area contributed by atoms with Gasteiger partial charge in [-0.1, -0.05) is 6.07 Å². The average Bonchev–Trinajstić information content (AvgIpc) is 2.82. The van der Waals surface area contributed by atoms with Crippen LogP contribution in [0.2, 0.25) is 0 Å². The first-order chi connectivity index (χ1) is 11.7. The molecule has 1 aliphatic heterocycles. The topological polar surface area (TPSA) is 83.9 Å². The second kappa shape index (κ2) is 7.29. The summed E-state index contributed by atoms with van der Waals surface area (Å²) < 4.78 is 10.8. The number of hydrogen-bond donors (Lipinski definition) is 2. The quantitative estimate of drug-likeness (QED) is 0.655. The van der Waals surface area contributed by atoms with Gasteiger partial charge in [0.2, 0.25) is 5.88 Å². The lowest BCUT2D eigenvalue weighted by Crippen LogP contribution is -2.25. The summed E-state index contributed by atoms with van der Waals surface area (Å²) in [7, 11) is 1.59. The van der Waals surface area contributed by atoms with E-state index >= 15 is 0 Å². The van der Waals surface area contributed by atoms with E-state index in [0.29, 0.717) is 24.6 Å². The van der Waals surface area contributed by atoms with E-state index in [1.807, 2.05) is 12.1 Å². The van der Waals surface area contributed by atoms with Crippen molar-refractivity contribution < 1.29 is 19.5 Å². The monoisotopic (exact) mass is 329 g/mol. The summed E-state index contributed by atoms with van der Waals surface area (Å²) in [5, 5.41) is 8.78. The standard InChI is InChI=1S/C17H19N3O4/c1-23-16-5-2-12(9-18-16)10-20-6-7-24-15-4-3-13(17(21)19-22)8-14(15)11-20/h2-5,8-9,22H,6-7,10-11H2,1H3,(H,19,21). The van der Waals surface area contributed by atoms with Crippen molar-refractivity contribution >= 4 is 5.91 Å². The van der Waals surface area contributed by atoms with Crippen molar-refractivity contribution in [3.05, 3.63) is 53.2 Å². The molecule has 0 saturated heterocycles. The van der Waals surface area contributed by atoms with Gasteiger partial charge in [0.1, 0.15) is 12.4 Å². The molecule has 7 nitrogen and oxygen atoms in total. The first-order valence-corrected chi connectivity index (χ1v) is 7.61. The Bertz CT molecular complexity index is 718. The Labute approximate surface area is 139 Å². The molecule has 1 aromatic heterocycles. The Hall–Kier alpha value is -2.64. The normalized spacial score (nSPS) is 14.2. The van der Waals surface area contributed by atoms with Crippen LogP contribution in [-0.4, -0.2) is 41.3 Å². The van der Waals surface area contributed by atoms with Gasteiger partial charge in [-0.3, -0.25) is 14.9 Å². The molecule has 2 heterocycles. The molecule has 3 rings (SSSR count). The van der Waals surface area contributed by atoms with Gasteiger partial charge in [0.25, 0.3) is 5.91 Å². The van der Waals surface area contributed by atoms with Crippen LogP contribution >= 0.6 is 0 Å². The summed E-state index contributed by atoms with van der Waals surface area (Å²) in [5.41, 5.74) is 4.03. The van der Waals surface area contributed by atoms with Gasteiger partial charge in [-0.25, -0.2) is 10.5 Å². The summed E-state index contributed by atoms with van der Waals surface area (Å²) in [6.07, 6.45) is 1.79. The number of pyridine rings is 1. The van der Waals surface area contributed by atoms with Gasteiger partial charge in [-0.2, -0.15) is 0 Å². The molecule has 0 atom stereocenters. The lowest BCUT2D eigenvalue weighted by Gasteiger charge is -2.19. The highest BCUT2D eigenvalue weighted by Crippen LogP contribution is 2.25. The number of benzene rings is 1. The summed E-state index contributed by atoms with van der Waals surface area (Å²) in [5.74, 6) is 0.816. The van der Waals surface area contributed by atoms with Crippen molar-refractivity contribution in [1.29, 1.82) is 0 Å². The van der Waals surface area contributed by atoms with Gasteiger partial charge in [0, 0.05) is 43.0 Å². The van der Waals surface area contributed by atoms with E-state index in [1.54, 1.807) is 37.0 Å². The number of nitrogens with zero attached hydrogens (tertiary/aromatic N) is 2. The van der Waals surface area contributed by atoms with E-state index in [1.165, 1.54) is 0 Å². The molecule has 0 saturated carbocycles. The van der Waals surface area contributed by atoms with E-state index in [-0.39, 0.29) is 0 Å². The summed E-state index contributed by atoms with van der Waals surface area (Å²) in [6.45, 7) is 2.70. The Morgan fingerprint density at radius 3 is 3.00 bits per heavy atom. The van der Waals surface area contributed by atoms with E-state index in [9.17, 15) is 4.79 Å². The van der Waals surface area contributed by atoms with Gasteiger partial charge >= 0.3 is 0 Å². The maximum Gasteiger partial charge on any atom is 0.274 e. The maximum atomic E-state index is 11.6. The molecule has 2 N–H and O–H groups in total. The Balaban J connectivity index is 1.76. The molecular weight excluding hydrogens is 310 g/mol. The predicted molar refractivity (Wildman–Crippen MR) is 86.1 cm³/mol. The minimum Gasteiger partial charge on any atom is -0.492 e. The number of carbonyl (C=O) groups is 1. The first kappa shape index (κ1) is 16.2. The van der Waals surface area contributed by atoms with Crippen molar-refractivity contribution in [3.8, 4) is 11.6 Å². The molecule has 24 heavy (non-hydrogen) atoms. The molecule has 0 spiro atoms. The lowest BCUT2D eigenvalue weighted by atomic mass is 10.1. The number of fused-ring (bicyclic) bond motifs is 1. The molecule has 0 bridgehead atoms. The number of amides is 1. The molecule has 126 valence electrons. The van der Waals surface area contributed by atoms with Crippen molar-refractivity contribution in [3.63, 3.8) is 0 Å². The van der Waals surface area contributed by atoms with Gasteiger partial charge < -0.3 is 9.47 Å². The van der Waals surface area contributed by atoms with Gasteiger partial charge in [-0.15, -0.1) is 0 Å². The molecule has 7 heteroatoms. The number of nitrogens with one attached hydrogen (secondary N) is 1. The van der Waals surface area contributed by atoms with Crippen LogP contribution < -0.4 is 15.0 Å². The van der Waals surface area contributed by atoms with Crippen LogP contribution in [0.3, 0.4) is 0 Å². The van der Waals surface area contributed by atoms with Crippen LogP contribution in [0.4, 0.5) is 0 Å². The zero-order valence-corrected chi connectivity index (χ0v) is 13.4. The zero-order valence-electron chi connectivity index (χ0n) is 13.4. The molecule has 2 aromatic rings. The Morgan fingerprint density at radius 2 is 2.29 bits per heavy atom. The first-order valence-electron chi connectivity index (χ1n) is 7.61. The van der Waals surface area contributed by atoms with Gasteiger partial charge in [0.05, 0.1) is 7.11 Å². The van der Waals surface area contributed by atoms with Crippen molar-refractivity contribution in [2.24, 2.45) is 0 Å². The second-order valence-electron chi connectivity index (χ2n) is 5.53. The number of carbonyl (C=O) groups excluding carboxylic acids is 1. The molecular formula is C17H19N3O4. The highest BCUT2D eigenvalue weighted by atomic mass is 16.5. The lowest BCUT2D eigenvalue weighted by molar-refractivity contribution is 0.0706. The van der Waals surface area contributed by atoms with Crippen molar-refractivity contribution in [1.82, 2.24) is 15.4 Å². The average molecular weight is 329 g/mol. The fourth-order valence-electron chi connectivity index (χ4n) is 2.67. The third kappa shape index (κ3) is 3.64. The largest absolute Gasteiger partial charge is 0.492 e. The number of ether oxygens (including phenoxy) is 2. The van der Waals surface area contributed by atoms with Crippen LogP contribution in [-0.2, 0) is 13.1 Å². The SMILES string of the molecule is COc1ccc(CN2CCOc3ccc(C(=O)NO)cc3C2)cn1. The zero-order chi connectivity index (χ0) is 16.9. The highest BCUT2D eigenvalue weighted by Gasteiger charge is 2.17. The van der Waals surface area contributed by atoms with Crippen LogP contribution in [0.1, 0.15) is 21.5 Å². The Kier molecular flexibility index (Phi) is 4.93. The highest BCUT2D eigenvalue weighted by molar-refractivity contribution is 5.93. The molecule has 0 radical (unpaired) electrons. The smallest absolute Gasteiger partial charge is 0.274 e. The number of hydroxylamine groups is 1. The van der Waals surface area contributed by atoms with Crippen LogP contribution in [0.25, 0.3) is 0 Å². The number of aromatic nitrogens is 1. The number of rotatable bonds is 4. The third-order valence-corrected chi connectivity index (χ3v) is 3.90. The predicted octanol–water partition coefficient (Wildman–Crippen LogP) is 1.60. The molecule has 0 fully saturated rings. The Morgan fingerprint density at radius 1 is 1.42 bits per heavy atom. The van der Waals surface area contributed by atoms with Gasteiger partial charge in [0.15, 0.2) is 0 Å². The van der Waals surface area contributed by atoms with Crippen LogP contribution in [0, 0.1) is 0 Å².